The molecule has 0 fully saturated rings. The van der Waals surface area contributed by atoms with Crippen molar-refractivity contribution >= 4 is 6.21 Å². The molecule has 1 N–H and O–H groups in total. The third kappa shape index (κ3) is 2.02. The van der Waals surface area contributed by atoms with Crippen molar-refractivity contribution in [3.63, 3.8) is 0 Å². The van der Waals surface area contributed by atoms with Gasteiger partial charge in [-0.1, -0.05) is 36.4 Å². The molecule has 0 saturated carbocycles. The van der Waals surface area contributed by atoms with Crippen molar-refractivity contribution in [2.24, 2.45) is 4.99 Å². The molecular formula is C16H15NO. The third-order valence-electron chi connectivity index (χ3n) is 3.43. The van der Waals surface area contributed by atoms with Gasteiger partial charge in [0.2, 0.25) is 0 Å². The van der Waals surface area contributed by atoms with Gasteiger partial charge in [0.05, 0.1) is 6.04 Å². The summed E-state index contributed by atoms with van der Waals surface area (Å²) >= 11 is 0. The number of aromatic hydroxyl groups is 1. The van der Waals surface area contributed by atoms with Crippen molar-refractivity contribution in [3.8, 4) is 5.75 Å². The molecule has 0 spiro atoms. The van der Waals surface area contributed by atoms with Gasteiger partial charge in [-0.2, -0.15) is 0 Å². The topological polar surface area (TPSA) is 32.6 Å². The number of hydrogen-bond acceptors (Lipinski definition) is 2. The minimum atomic E-state index is 0.237. The summed E-state index contributed by atoms with van der Waals surface area (Å²) in [6, 6.07) is 16.0. The maximum absolute atomic E-state index is 9.69. The summed E-state index contributed by atoms with van der Waals surface area (Å²) in [6.45, 7) is 0. The van der Waals surface area contributed by atoms with Crippen LogP contribution in [0.5, 0.6) is 5.75 Å². The van der Waals surface area contributed by atoms with Crippen LogP contribution in [0.4, 0.5) is 0 Å². The van der Waals surface area contributed by atoms with Gasteiger partial charge >= 0.3 is 0 Å². The number of aliphatic imine (C=N–C) groups is 1. The fourth-order valence-corrected chi connectivity index (χ4v) is 2.46. The molecule has 0 aromatic heterocycles. The lowest BCUT2D eigenvalue weighted by Gasteiger charge is -2.05. The normalized spacial score (nSPS) is 18.1. The summed E-state index contributed by atoms with van der Waals surface area (Å²) in [5.41, 5.74) is 3.50. The SMILES string of the molecule is Oc1ccccc1C=NC1CCc2ccccc21. The summed E-state index contributed by atoms with van der Waals surface area (Å²) in [5.74, 6) is 0.285. The molecule has 2 aromatic rings. The molecule has 2 aromatic carbocycles. The van der Waals surface area contributed by atoms with Crippen molar-refractivity contribution in [2.45, 2.75) is 18.9 Å². The lowest BCUT2D eigenvalue weighted by molar-refractivity contribution is 0.474. The molecule has 3 rings (SSSR count). The van der Waals surface area contributed by atoms with Gasteiger partial charge in [0.15, 0.2) is 0 Å². The maximum atomic E-state index is 9.69. The van der Waals surface area contributed by atoms with E-state index in [1.807, 2.05) is 18.2 Å². The Morgan fingerprint density at radius 2 is 1.83 bits per heavy atom. The summed E-state index contributed by atoms with van der Waals surface area (Å²) in [7, 11) is 0. The van der Waals surface area contributed by atoms with Gasteiger partial charge in [0.1, 0.15) is 5.75 Å². The van der Waals surface area contributed by atoms with Gasteiger partial charge in [0.25, 0.3) is 0 Å². The fourth-order valence-electron chi connectivity index (χ4n) is 2.46. The minimum absolute atomic E-state index is 0.237. The Balaban J connectivity index is 1.85. The summed E-state index contributed by atoms with van der Waals surface area (Å²) in [4.78, 5) is 4.61. The Hall–Kier alpha value is -2.09. The van der Waals surface area contributed by atoms with Crippen molar-refractivity contribution in [3.05, 3.63) is 65.2 Å². The zero-order valence-corrected chi connectivity index (χ0v) is 10.1. The number of nitrogens with zero attached hydrogens (tertiary/aromatic N) is 1. The van der Waals surface area contributed by atoms with E-state index in [1.165, 1.54) is 11.1 Å². The van der Waals surface area contributed by atoms with E-state index in [9.17, 15) is 5.11 Å². The smallest absolute Gasteiger partial charge is 0.124 e. The number of rotatable bonds is 2. The molecule has 1 unspecified atom stereocenters. The van der Waals surface area contributed by atoms with Crippen molar-refractivity contribution in [1.29, 1.82) is 0 Å². The van der Waals surface area contributed by atoms with E-state index in [2.05, 4.69) is 29.3 Å². The molecule has 0 amide bonds. The van der Waals surface area contributed by atoms with Crippen molar-refractivity contribution in [2.75, 3.05) is 0 Å². The molecular weight excluding hydrogens is 222 g/mol. The van der Waals surface area contributed by atoms with Gasteiger partial charge < -0.3 is 5.11 Å². The third-order valence-corrected chi connectivity index (χ3v) is 3.43. The molecule has 0 bridgehead atoms. The molecule has 90 valence electrons. The molecule has 1 atom stereocenters. The molecule has 1 aliphatic carbocycles. The molecule has 0 saturated heterocycles. The second kappa shape index (κ2) is 4.65. The predicted molar refractivity (Wildman–Crippen MR) is 73.2 cm³/mol. The minimum Gasteiger partial charge on any atom is -0.507 e. The van der Waals surface area contributed by atoms with E-state index in [0.717, 1.165) is 18.4 Å². The Morgan fingerprint density at radius 3 is 2.72 bits per heavy atom. The average Bonchev–Trinajstić information content (AvgIpc) is 2.81. The van der Waals surface area contributed by atoms with Crippen LogP contribution in [0.1, 0.15) is 29.2 Å². The predicted octanol–water partition coefficient (Wildman–Crippen LogP) is 3.50. The summed E-state index contributed by atoms with van der Waals surface area (Å²) in [5, 5.41) is 9.69. The van der Waals surface area contributed by atoms with Crippen LogP contribution in [-0.2, 0) is 6.42 Å². The Labute approximate surface area is 107 Å². The van der Waals surface area contributed by atoms with Gasteiger partial charge in [-0.25, -0.2) is 0 Å². The monoisotopic (exact) mass is 237 g/mol. The summed E-state index contributed by atoms with van der Waals surface area (Å²) in [6.07, 6.45) is 3.94. The van der Waals surface area contributed by atoms with Crippen molar-refractivity contribution < 1.29 is 5.11 Å². The fraction of sp³-hybridized carbons (Fsp3) is 0.188. The zero-order valence-electron chi connectivity index (χ0n) is 10.1. The van der Waals surface area contributed by atoms with Crippen LogP contribution in [0.25, 0.3) is 0 Å². The molecule has 0 radical (unpaired) electrons. The highest BCUT2D eigenvalue weighted by atomic mass is 16.3. The largest absolute Gasteiger partial charge is 0.507 e. The van der Waals surface area contributed by atoms with E-state index in [0.29, 0.717) is 0 Å². The average molecular weight is 237 g/mol. The lowest BCUT2D eigenvalue weighted by atomic mass is 10.1. The van der Waals surface area contributed by atoms with E-state index in [-0.39, 0.29) is 11.8 Å². The number of aryl methyl sites for hydroxylation is 1. The number of para-hydroxylation sites is 1. The van der Waals surface area contributed by atoms with Gasteiger partial charge in [-0.15, -0.1) is 0 Å². The molecule has 18 heavy (non-hydrogen) atoms. The molecule has 2 nitrogen and oxygen atoms in total. The first-order valence-electron chi connectivity index (χ1n) is 6.23. The van der Waals surface area contributed by atoms with Gasteiger partial charge in [-0.3, -0.25) is 4.99 Å². The Kier molecular flexibility index (Phi) is 2.85. The van der Waals surface area contributed by atoms with Crippen LogP contribution in [0, 0.1) is 0 Å². The van der Waals surface area contributed by atoms with Gasteiger partial charge in [-0.05, 0) is 36.1 Å². The molecule has 0 heterocycles. The Bertz CT molecular complexity index is 589. The quantitative estimate of drug-likeness (QED) is 0.797. The number of phenolic OH excluding ortho intramolecular Hbond substituents is 1. The van der Waals surface area contributed by atoms with Crippen LogP contribution in [-0.4, -0.2) is 11.3 Å². The first kappa shape index (κ1) is 11.0. The number of phenols is 1. The standard InChI is InChI=1S/C16H15NO/c18-16-8-4-2-6-13(16)11-17-15-10-9-12-5-1-3-7-14(12)15/h1-8,11,15,18H,9-10H2. The van der Waals surface area contributed by atoms with Crippen LogP contribution in [0.3, 0.4) is 0 Å². The first-order chi connectivity index (χ1) is 8.84. The molecule has 0 aliphatic heterocycles. The zero-order chi connectivity index (χ0) is 12.4. The highest BCUT2D eigenvalue weighted by molar-refractivity contribution is 5.83. The van der Waals surface area contributed by atoms with E-state index in [4.69, 9.17) is 0 Å². The Morgan fingerprint density at radius 1 is 1.06 bits per heavy atom. The highest BCUT2D eigenvalue weighted by Crippen LogP contribution is 2.33. The molecule has 2 heteroatoms. The second-order valence-electron chi connectivity index (χ2n) is 4.59. The van der Waals surface area contributed by atoms with Crippen LogP contribution in [0.2, 0.25) is 0 Å². The summed E-state index contributed by atoms with van der Waals surface area (Å²) < 4.78 is 0. The van der Waals surface area contributed by atoms with Crippen molar-refractivity contribution in [1.82, 2.24) is 0 Å². The van der Waals surface area contributed by atoms with E-state index in [1.54, 1.807) is 12.3 Å². The highest BCUT2D eigenvalue weighted by Gasteiger charge is 2.20. The number of hydrogen-bond donors (Lipinski definition) is 1. The number of benzene rings is 2. The maximum Gasteiger partial charge on any atom is 0.124 e. The first-order valence-corrected chi connectivity index (χ1v) is 6.23. The lowest BCUT2D eigenvalue weighted by Crippen LogP contribution is -1.91. The van der Waals surface area contributed by atoms with Crippen LogP contribution in [0.15, 0.2) is 53.5 Å². The van der Waals surface area contributed by atoms with Crippen LogP contribution < -0.4 is 0 Å². The van der Waals surface area contributed by atoms with E-state index >= 15 is 0 Å². The second-order valence-corrected chi connectivity index (χ2v) is 4.59. The number of fused-ring (bicyclic) bond motifs is 1. The van der Waals surface area contributed by atoms with Crippen LogP contribution >= 0.6 is 0 Å². The molecule has 1 aliphatic rings. The van der Waals surface area contributed by atoms with E-state index < -0.39 is 0 Å². The van der Waals surface area contributed by atoms with Gasteiger partial charge in [0, 0.05) is 11.8 Å².